The van der Waals surface area contributed by atoms with E-state index in [9.17, 15) is 0 Å². The molecule has 2 aromatic carbocycles. The molecule has 0 unspecified atom stereocenters. The van der Waals surface area contributed by atoms with Crippen molar-refractivity contribution in [2.45, 2.75) is 12.8 Å². The van der Waals surface area contributed by atoms with E-state index in [1.807, 2.05) is 24.3 Å². The van der Waals surface area contributed by atoms with Crippen LogP contribution in [0.5, 0.6) is 11.5 Å². The van der Waals surface area contributed by atoms with E-state index in [1.165, 1.54) is 16.0 Å². The second-order valence-electron chi connectivity index (χ2n) is 5.47. The van der Waals surface area contributed by atoms with Gasteiger partial charge in [0.2, 0.25) is 0 Å². The van der Waals surface area contributed by atoms with Gasteiger partial charge >= 0.3 is 0 Å². The molecule has 0 fully saturated rings. The number of hydrogen-bond donors (Lipinski definition) is 1. The van der Waals surface area contributed by atoms with E-state index < -0.39 is 0 Å². The number of benzene rings is 2. The van der Waals surface area contributed by atoms with E-state index in [0.717, 1.165) is 30.0 Å². The number of anilines is 1. The number of ether oxygens (including phenoxy) is 2. The predicted octanol–water partition coefficient (Wildman–Crippen LogP) is 3.92. The van der Waals surface area contributed by atoms with Crippen molar-refractivity contribution in [3.63, 3.8) is 0 Å². The Kier molecular flexibility index (Phi) is 5.01. The Morgan fingerprint density at radius 1 is 0.833 bits per heavy atom. The molecule has 0 atom stereocenters. The molecule has 0 saturated heterocycles. The molecule has 4 nitrogen and oxygen atoms in total. The average molecular weight is 340 g/mol. The Hall–Kier alpha value is -2.53. The Morgan fingerprint density at radius 3 is 1.83 bits per heavy atom. The van der Waals surface area contributed by atoms with E-state index >= 15 is 0 Å². The van der Waals surface area contributed by atoms with Gasteiger partial charge < -0.3 is 15.2 Å². The highest BCUT2D eigenvalue weighted by atomic mass is 32.1. The molecule has 124 valence electrons. The number of hydrogen-bond acceptors (Lipinski definition) is 5. The number of methoxy groups -OCH3 is 2. The molecule has 3 rings (SSSR count). The summed E-state index contributed by atoms with van der Waals surface area (Å²) in [6, 6.07) is 16.2. The highest BCUT2D eigenvalue weighted by Crippen LogP contribution is 2.27. The van der Waals surface area contributed by atoms with Crippen molar-refractivity contribution >= 4 is 16.5 Å². The minimum Gasteiger partial charge on any atom is -0.497 e. The molecule has 0 amide bonds. The number of thiazole rings is 1. The first-order valence-corrected chi connectivity index (χ1v) is 8.49. The second kappa shape index (κ2) is 7.36. The van der Waals surface area contributed by atoms with Crippen LogP contribution in [0.15, 0.2) is 48.5 Å². The fraction of sp³-hybridized carbons (Fsp3) is 0.211. The van der Waals surface area contributed by atoms with E-state index in [1.54, 1.807) is 25.6 Å². The first kappa shape index (κ1) is 16.3. The Labute approximate surface area is 145 Å². The third kappa shape index (κ3) is 3.86. The van der Waals surface area contributed by atoms with Gasteiger partial charge in [-0.2, -0.15) is 0 Å². The summed E-state index contributed by atoms with van der Waals surface area (Å²) in [6.07, 6.45) is 1.59. The molecule has 2 N–H and O–H groups in total. The van der Waals surface area contributed by atoms with Gasteiger partial charge in [0.1, 0.15) is 11.5 Å². The SMILES string of the molecule is COc1ccc(Cc2nc(N)sc2Cc2ccc(OC)cc2)cc1. The minimum absolute atomic E-state index is 0.613. The Balaban J connectivity index is 1.78. The largest absolute Gasteiger partial charge is 0.497 e. The zero-order chi connectivity index (χ0) is 16.9. The van der Waals surface area contributed by atoms with Crippen molar-refractivity contribution in [1.82, 2.24) is 4.98 Å². The average Bonchev–Trinajstić information content (AvgIpc) is 2.95. The van der Waals surface area contributed by atoms with Crippen LogP contribution in [-0.2, 0) is 12.8 Å². The smallest absolute Gasteiger partial charge is 0.180 e. The lowest BCUT2D eigenvalue weighted by Gasteiger charge is -2.05. The maximum Gasteiger partial charge on any atom is 0.180 e. The van der Waals surface area contributed by atoms with Crippen LogP contribution < -0.4 is 15.2 Å². The molecule has 0 saturated carbocycles. The lowest BCUT2D eigenvalue weighted by Crippen LogP contribution is -1.96. The third-order valence-electron chi connectivity index (χ3n) is 3.85. The van der Waals surface area contributed by atoms with Crippen LogP contribution in [0.3, 0.4) is 0 Å². The van der Waals surface area contributed by atoms with Crippen LogP contribution in [0, 0.1) is 0 Å². The van der Waals surface area contributed by atoms with Crippen LogP contribution in [0.2, 0.25) is 0 Å². The lowest BCUT2D eigenvalue weighted by molar-refractivity contribution is 0.414. The van der Waals surface area contributed by atoms with Crippen LogP contribution in [0.25, 0.3) is 0 Å². The molecule has 0 spiro atoms. The number of nitrogen functional groups attached to an aromatic ring is 1. The number of nitrogens with two attached hydrogens (primary N) is 1. The standard InChI is InChI=1S/C19H20N2O2S/c1-22-15-7-3-13(4-8-15)11-17-18(24-19(20)21-17)12-14-5-9-16(23-2)10-6-14/h3-10H,11-12H2,1-2H3,(H2,20,21). The molecule has 1 heterocycles. The zero-order valence-electron chi connectivity index (χ0n) is 13.8. The Bertz CT molecular complexity index is 728. The third-order valence-corrected chi connectivity index (χ3v) is 4.78. The molecule has 24 heavy (non-hydrogen) atoms. The van der Waals surface area contributed by atoms with Crippen molar-refractivity contribution in [2.75, 3.05) is 20.0 Å². The first-order chi connectivity index (χ1) is 11.7. The van der Waals surface area contributed by atoms with Gasteiger partial charge in [0.05, 0.1) is 19.9 Å². The van der Waals surface area contributed by atoms with Gasteiger partial charge in [-0.1, -0.05) is 24.3 Å². The van der Waals surface area contributed by atoms with E-state index in [4.69, 9.17) is 15.2 Å². The van der Waals surface area contributed by atoms with E-state index in [-0.39, 0.29) is 0 Å². The molecular weight excluding hydrogens is 320 g/mol. The summed E-state index contributed by atoms with van der Waals surface area (Å²) >= 11 is 1.56. The fourth-order valence-corrected chi connectivity index (χ4v) is 3.43. The number of rotatable bonds is 6. The summed E-state index contributed by atoms with van der Waals surface area (Å²) in [6.45, 7) is 0. The van der Waals surface area contributed by atoms with Gasteiger partial charge in [-0.05, 0) is 35.4 Å². The highest BCUT2D eigenvalue weighted by molar-refractivity contribution is 7.15. The van der Waals surface area contributed by atoms with Gasteiger partial charge in [-0.25, -0.2) is 4.98 Å². The van der Waals surface area contributed by atoms with Crippen molar-refractivity contribution in [3.05, 3.63) is 70.2 Å². The molecule has 0 aliphatic carbocycles. The zero-order valence-corrected chi connectivity index (χ0v) is 14.6. The number of aromatic nitrogens is 1. The van der Waals surface area contributed by atoms with Gasteiger partial charge in [0.15, 0.2) is 5.13 Å². The second-order valence-corrected chi connectivity index (χ2v) is 6.59. The van der Waals surface area contributed by atoms with Crippen LogP contribution >= 0.6 is 11.3 Å². The maximum atomic E-state index is 5.95. The van der Waals surface area contributed by atoms with Crippen molar-refractivity contribution in [1.29, 1.82) is 0 Å². The monoisotopic (exact) mass is 340 g/mol. The summed E-state index contributed by atoms with van der Waals surface area (Å²) in [7, 11) is 3.34. The fourth-order valence-electron chi connectivity index (χ4n) is 2.55. The summed E-state index contributed by atoms with van der Waals surface area (Å²) < 4.78 is 10.4. The summed E-state index contributed by atoms with van der Waals surface area (Å²) in [5.41, 5.74) is 9.40. The van der Waals surface area contributed by atoms with Crippen molar-refractivity contribution in [3.8, 4) is 11.5 Å². The molecular formula is C19H20N2O2S. The highest BCUT2D eigenvalue weighted by Gasteiger charge is 2.11. The van der Waals surface area contributed by atoms with Gasteiger partial charge in [-0.3, -0.25) is 0 Å². The minimum atomic E-state index is 0.613. The first-order valence-electron chi connectivity index (χ1n) is 7.68. The van der Waals surface area contributed by atoms with Gasteiger partial charge in [0, 0.05) is 17.7 Å². The topological polar surface area (TPSA) is 57.4 Å². The number of nitrogens with zero attached hydrogens (tertiary/aromatic N) is 1. The molecule has 0 radical (unpaired) electrons. The van der Waals surface area contributed by atoms with Gasteiger partial charge in [-0.15, -0.1) is 11.3 Å². The van der Waals surface area contributed by atoms with E-state index in [2.05, 4.69) is 29.2 Å². The normalized spacial score (nSPS) is 10.6. The Morgan fingerprint density at radius 2 is 1.33 bits per heavy atom. The maximum absolute atomic E-state index is 5.95. The van der Waals surface area contributed by atoms with Crippen molar-refractivity contribution < 1.29 is 9.47 Å². The van der Waals surface area contributed by atoms with Crippen LogP contribution in [-0.4, -0.2) is 19.2 Å². The molecule has 5 heteroatoms. The summed E-state index contributed by atoms with van der Waals surface area (Å²) in [4.78, 5) is 5.72. The van der Waals surface area contributed by atoms with Crippen molar-refractivity contribution in [2.24, 2.45) is 0 Å². The van der Waals surface area contributed by atoms with Crippen LogP contribution in [0.4, 0.5) is 5.13 Å². The lowest BCUT2D eigenvalue weighted by atomic mass is 10.1. The quantitative estimate of drug-likeness (QED) is 0.739. The molecule has 3 aromatic rings. The summed E-state index contributed by atoms with van der Waals surface area (Å²) in [5, 5.41) is 0.613. The van der Waals surface area contributed by atoms with E-state index in [0.29, 0.717) is 5.13 Å². The molecule has 0 aliphatic rings. The molecule has 1 aromatic heterocycles. The van der Waals surface area contributed by atoms with Gasteiger partial charge in [0.25, 0.3) is 0 Å². The molecule has 0 bridgehead atoms. The molecule has 0 aliphatic heterocycles. The summed E-state index contributed by atoms with van der Waals surface area (Å²) in [5.74, 6) is 1.72. The van der Waals surface area contributed by atoms with Crippen LogP contribution in [0.1, 0.15) is 21.7 Å². The predicted molar refractivity (Wildman–Crippen MR) is 98.1 cm³/mol.